The summed E-state index contributed by atoms with van der Waals surface area (Å²) in [6.45, 7) is 1.79. The molecule has 1 heterocycles. The molecule has 1 aromatic heterocycles. The lowest BCUT2D eigenvalue weighted by Gasteiger charge is -1.94. The summed E-state index contributed by atoms with van der Waals surface area (Å²) >= 11 is 0. The van der Waals surface area contributed by atoms with Crippen LogP contribution < -0.4 is 4.73 Å². The summed E-state index contributed by atoms with van der Waals surface area (Å²) in [4.78, 5) is 24.1. The molecule has 8 heteroatoms. The highest BCUT2D eigenvalue weighted by atomic mass is 16.6. The number of nitrogens with one attached hydrogen (secondary N) is 1. The fraction of sp³-hybridized carbons (Fsp3) is 0.200. The van der Waals surface area contributed by atoms with Gasteiger partial charge in [0, 0.05) is 6.07 Å². The predicted molar refractivity (Wildman–Crippen MR) is 58.3 cm³/mol. The largest absolute Gasteiger partial charge is 0.457 e. The van der Waals surface area contributed by atoms with Gasteiger partial charge in [-0.05, 0) is 17.7 Å². The first-order valence-corrected chi connectivity index (χ1v) is 5.13. The number of hydrogen-bond donors (Lipinski definition) is 2. The van der Waals surface area contributed by atoms with E-state index in [0.717, 1.165) is 6.07 Å². The Hall–Kier alpha value is -2.64. The van der Waals surface area contributed by atoms with E-state index in [0.29, 0.717) is 10.2 Å². The first kappa shape index (κ1) is 11.8. The summed E-state index contributed by atoms with van der Waals surface area (Å²) in [6, 6.07) is 3.84. The average molecular weight is 252 g/mol. The van der Waals surface area contributed by atoms with Crippen LogP contribution in [0.2, 0.25) is 0 Å². The zero-order valence-electron chi connectivity index (χ0n) is 9.41. The van der Waals surface area contributed by atoms with E-state index >= 15 is 0 Å². The molecule has 2 aromatic rings. The van der Waals surface area contributed by atoms with Gasteiger partial charge in [-0.25, -0.2) is 9.78 Å². The molecule has 0 unspecified atom stereocenters. The Morgan fingerprint density at radius 3 is 2.94 bits per heavy atom. The van der Waals surface area contributed by atoms with Gasteiger partial charge in [0.1, 0.15) is 0 Å². The van der Waals surface area contributed by atoms with Gasteiger partial charge in [0.25, 0.3) is 5.69 Å². The quantitative estimate of drug-likeness (QED) is 0.276. The highest BCUT2D eigenvalue weighted by molar-refractivity contribution is 5.87. The average Bonchev–Trinajstić information content (AvgIpc) is 2.67. The molecule has 0 aliphatic heterocycles. The number of esters is 1. The molecule has 0 fully saturated rings. The molecule has 18 heavy (non-hydrogen) atoms. The van der Waals surface area contributed by atoms with Gasteiger partial charge in [-0.1, -0.05) is 0 Å². The maximum Gasteiger partial charge on any atom is 0.425 e. The monoisotopic (exact) mass is 252 g/mol. The summed E-state index contributed by atoms with van der Waals surface area (Å²) in [5.41, 5.74) is 0.345. The van der Waals surface area contributed by atoms with Crippen molar-refractivity contribution >= 4 is 22.7 Å². The van der Waals surface area contributed by atoms with Crippen molar-refractivity contribution in [1.82, 2.24) is 4.98 Å². The zero-order valence-corrected chi connectivity index (χ0v) is 9.41. The predicted octanol–water partition coefficient (Wildman–Crippen LogP) is 0.778. The first-order valence-electron chi connectivity index (χ1n) is 5.13. The molecule has 0 saturated heterocycles. The van der Waals surface area contributed by atoms with Crippen molar-refractivity contribution in [2.24, 2.45) is 0 Å². The van der Waals surface area contributed by atoms with E-state index in [-0.39, 0.29) is 23.6 Å². The lowest BCUT2D eigenvalue weighted by atomic mass is 10.3. The second-order valence-corrected chi connectivity index (χ2v) is 3.46. The third kappa shape index (κ3) is 1.83. The van der Waals surface area contributed by atoms with Crippen LogP contribution in [-0.2, 0) is 4.74 Å². The molecular formula is C10H10N3O5+. The van der Waals surface area contributed by atoms with Gasteiger partial charge in [-0.15, -0.1) is 0 Å². The van der Waals surface area contributed by atoms with Gasteiger partial charge in [-0.3, -0.25) is 10.1 Å². The number of carbonyl (C=O) groups is 1. The van der Waals surface area contributed by atoms with Crippen molar-refractivity contribution in [3.05, 3.63) is 34.1 Å². The Labute approximate surface area is 101 Å². The number of rotatable bonds is 3. The molecule has 0 radical (unpaired) electrons. The van der Waals surface area contributed by atoms with Crippen molar-refractivity contribution in [3.63, 3.8) is 0 Å². The Balaban J connectivity index is 2.56. The Morgan fingerprint density at radius 1 is 1.61 bits per heavy atom. The van der Waals surface area contributed by atoms with Crippen LogP contribution in [0.5, 0.6) is 0 Å². The third-order valence-electron chi connectivity index (χ3n) is 2.35. The van der Waals surface area contributed by atoms with Crippen LogP contribution in [0.15, 0.2) is 18.2 Å². The number of hydrogen-bond acceptors (Lipinski definition) is 5. The maximum absolute atomic E-state index is 11.5. The highest BCUT2D eigenvalue weighted by Gasteiger charge is 2.28. The summed E-state index contributed by atoms with van der Waals surface area (Å²) in [5, 5.41) is 20.4. The first-order chi connectivity index (χ1) is 8.54. The normalized spacial score (nSPS) is 10.5. The number of benzene rings is 1. The van der Waals surface area contributed by atoms with Crippen molar-refractivity contribution < 1.29 is 24.4 Å². The molecular weight excluding hydrogens is 242 g/mol. The fourth-order valence-electron chi connectivity index (χ4n) is 1.55. The maximum atomic E-state index is 11.5. The van der Waals surface area contributed by atoms with E-state index in [1.165, 1.54) is 12.1 Å². The number of non-ortho nitro benzene ring substituents is 1. The number of carbonyl (C=O) groups excluding carboxylic acids is 1. The van der Waals surface area contributed by atoms with E-state index in [1.54, 1.807) is 6.92 Å². The van der Waals surface area contributed by atoms with Crippen molar-refractivity contribution in [2.75, 3.05) is 6.61 Å². The number of nitrogens with zero attached hydrogens (tertiary/aromatic N) is 2. The Morgan fingerprint density at radius 2 is 2.33 bits per heavy atom. The molecule has 2 rings (SSSR count). The second-order valence-electron chi connectivity index (χ2n) is 3.46. The van der Waals surface area contributed by atoms with E-state index in [4.69, 9.17) is 4.74 Å². The van der Waals surface area contributed by atoms with Gasteiger partial charge in [0.15, 0.2) is 5.52 Å². The fourth-order valence-corrected chi connectivity index (χ4v) is 1.55. The standard InChI is InChI=1S/C10H9N3O5/c1-2-18-10(14)9-11-7-4-3-6(13(16)17)5-8(7)12(9)15/h3-5,15H,2H2,1H3/p+1. The molecule has 0 aliphatic rings. The number of H-pyrrole nitrogens is 1. The van der Waals surface area contributed by atoms with E-state index in [1.807, 2.05) is 0 Å². The van der Waals surface area contributed by atoms with Gasteiger partial charge in [-0.2, -0.15) is 0 Å². The van der Waals surface area contributed by atoms with Gasteiger partial charge >= 0.3 is 11.8 Å². The molecule has 0 saturated carbocycles. The number of nitro groups is 1. The van der Waals surface area contributed by atoms with Gasteiger partial charge in [0.05, 0.1) is 17.6 Å². The Kier molecular flexibility index (Phi) is 2.84. The van der Waals surface area contributed by atoms with E-state index in [9.17, 15) is 20.1 Å². The van der Waals surface area contributed by atoms with Crippen LogP contribution in [0.3, 0.4) is 0 Å². The summed E-state index contributed by atoms with van der Waals surface area (Å²) in [6.07, 6.45) is 0. The molecule has 0 bridgehead atoms. The van der Waals surface area contributed by atoms with Gasteiger partial charge < -0.3 is 9.94 Å². The van der Waals surface area contributed by atoms with Crippen LogP contribution in [0.1, 0.15) is 17.5 Å². The summed E-state index contributed by atoms with van der Waals surface area (Å²) in [5.74, 6) is -0.925. The van der Waals surface area contributed by atoms with Gasteiger partial charge in [0.2, 0.25) is 5.52 Å². The smallest absolute Gasteiger partial charge is 0.425 e. The summed E-state index contributed by atoms with van der Waals surface area (Å²) in [7, 11) is 0. The lowest BCUT2D eigenvalue weighted by Crippen LogP contribution is -2.36. The number of fused-ring (bicyclic) bond motifs is 1. The molecule has 1 aromatic carbocycles. The minimum Gasteiger partial charge on any atom is -0.457 e. The Bertz CT molecular complexity index is 634. The highest BCUT2D eigenvalue weighted by Crippen LogP contribution is 2.17. The van der Waals surface area contributed by atoms with Crippen LogP contribution in [0.25, 0.3) is 11.0 Å². The number of nitro benzene ring substituents is 1. The second kappa shape index (κ2) is 4.32. The van der Waals surface area contributed by atoms with Crippen molar-refractivity contribution in [2.45, 2.75) is 6.92 Å². The minimum absolute atomic E-state index is 0.132. The lowest BCUT2D eigenvalue weighted by molar-refractivity contribution is -0.886. The van der Waals surface area contributed by atoms with Crippen LogP contribution >= 0.6 is 0 Å². The SMILES string of the molecule is CCOC(=O)c1[nH]c2ccc([N+](=O)[O-])cc2[n+]1O. The molecule has 0 aliphatic carbocycles. The molecule has 2 N–H and O–H groups in total. The summed E-state index contributed by atoms with van der Waals surface area (Å²) < 4.78 is 5.27. The van der Waals surface area contributed by atoms with Crippen molar-refractivity contribution in [3.8, 4) is 0 Å². The zero-order chi connectivity index (χ0) is 13.3. The topological polar surface area (TPSA) is 109 Å². The molecule has 0 atom stereocenters. The van der Waals surface area contributed by atoms with Crippen LogP contribution in [0, 0.1) is 10.1 Å². The number of aromatic nitrogens is 2. The van der Waals surface area contributed by atoms with Crippen LogP contribution in [-0.4, -0.2) is 27.7 Å². The molecule has 94 valence electrons. The van der Waals surface area contributed by atoms with E-state index in [2.05, 4.69) is 4.98 Å². The number of aromatic amines is 1. The minimum atomic E-state index is -0.737. The number of ether oxygens (including phenoxy) is 1. The molecule has 8 nitrogen and oxygen atoms in total. The molecule has 0 spiro atoms. The third-order valence-corrected chi connectivity index (χ3v) is 2.35. The van der Waals surface area contributed by atoms with Crippen molar-refractivity contribution in [1.29, 1.82) is 0 Å². The molecule has 0 amide bonds. The number of imidazole rings is 1. The van der Waals surface area contributed by atoms with E-state index < -0.39 is 10.9 Å². The van der Waals surface area contributed by atoms with Crippen LogP contribution in [0.4, 0.5) is 5.69 Å².